The zero-order valence-electron chi connectivity index (χ0n) is 16.0. The first kappa shape index (κ1) is 21.0. The van der Waals surface area contributed by atoms with Gasteiger partial charge in [0.25, 0.3) is 5.91 Å². The minimum Gasteiger partial charge on any atom is -0.456 e. The molecule has 0 atom stereocenters. The van der Waals surface area contributed by atoms with Gasteiger partial charge in [-0.1, -0.05) is 24.3 Å². The summed E-state index contributed by atoms with van der Waals surface area (Å²) in [6.07, 6.45) is 3.89. The molecular weight excluding hydrogens is 392 g/mol. The molecule has 0 aromatic heterocycles. The summed E-state index contributed by atoms with van der Waals surface area (Å²) in [4.78, 5) is 23.7. The smallest absolute Gasteiger partial charge is 0.307 e. The number of rotatable bonds is 8. The monoisotopic (exact) mass is 416 g/mol. The van der Waals surface area contributed by atoms with E-state index in [2.05, 4.69) is 10.0 Å². The molecule has 1 aliphatic carbocycles. The van der Waals surface area contributed by atoms with Gasteiger partial charge >= 0.3 is 5.97 Å². The minimum absolute atomic E-state index is 0.0987. The molecule has 0 bridgehead atoms. The number of nitrogens with one attached hydrogen (secondary N) is 2. The summed E-state index contributed by atoms with van der Waals surface area (Å²) in [6, 6.07) is 14.0. The van der Waals surface area contributed by atoms with Crippen molar-refractivity contribution < 1.29 is 22.7 Å². The topological polar surface area (TPSA) is 102 Å². The number of hydrogen-bond acceptors (Lipinski definition) is 5. The Hall–Kier alpha value is -2.71. The summed E-state index contributed by atoms with van der Waals surface area (Å²) in [7, 11) is -3.70. The van der Waals surface area contributed by atoms with Crippen molar-refractivity contribution >= 4 is 27.6 Å². The standard InChI is InChI=1S/C21H24N2O5S/c24-20(23-18-8-2-1-3-9-18)15-28-21(25)12-13-22-29(26,27)19-11-10-16-6-4-5-7-17(16)14-19/h1-3,8-11,14,22H,4-7,12-13,15H2,(H,23,24). The summed E-state index contributed by atoms with van der Waals surface area (Å²) in [5, 5.41) is 2.60. The van der Waals surface area contributed by atoms with E-state index in [-0.39, 0.29) is 17.9 Å². The molecule has 1 aliphatic rings. The van der Waals surface area contributed by atoms with E-state index >= 15 is 0 Å². The van der Waals surface area contributed by atoms with Crippen molar-refractivity contribution in [1.29, 1.82) is 0 Å². The lowest BCUT2D eigenvalue weighted by Crippen LogP contribution is -2.28. The second kappa shape index (κ2) is 9.67. The number of fused-ring (bicyclic) bond motifs is 1. The van der Waals surface area contributed by atoms with Crippen LogP contribution in [-0.2, 0) is 37.2 Å². The SMILES string of the molecule is O=C(COC(=O)CCNS(=O)(=O)c1ccc2c(c1)CCCC2)Nc1ccccc1. The lowest BCUT2D eigenvalue weighted by molar-refractivity contribution is -0.147. The van der Waals surface area contributed by atoms with Crippen LogP contribution in [0.15, 0.2) is 53.4 Å². The maximum atomic E-state index is 12.4. The summed E-state index contributed by atoms with van der Waals surface area (Å²) in [6.45, 7) is -0.524. The molecule has 0 heterocycles. The minimum atomic E-state index is -3.70. The predicted octanol–water partition coefficient (Wildman–Crippen LogP) is 2.42. The van der Waals surface area contributed by atoms with Gasteiger partial charge in [-0.25, -0.2) is 13.1 Å². The Balaban J connectivity index is 1.43. The van der Waals surface area contributed by atoms with Crippen LogP contribution < -0.4 is 10.0 Å². The van der Waals surface area contributed by atoms with E-state index in [1.165, 1.54) is 5.56 Å². The van der Waals surface area contributed by atoms with E-state index in [0.29, 0.717) is 5.69 Å². The number of anilines is 1. The summed E-state index contributed by atoms with van der Waals surface area (Å²) >= 11 is 0. The highest BCUT2D eigenvalue weighted by Gasteiger charge is 2.18. The van der Waals surface area contributed by atoms with Crippen LogP contribution in [0.4, 0.5) is 5.69 Å². The Morgan fingerprint density at radius 3 is 2.45 bits per heavy atom. The molecule has 7 nitrogen and oxygen atoms in total. The van der Waals surface area contributed by atoms with Crippen molar-refractivity contribution in [3.63, 3.8) is 0 Å². The molecule has 0 aliphatic heterocycles. The van der Waals surface area contributed by atoms with Crippen LogP contribution in [0.25, 0.3) is 0 Å². The van der Waals surface area contributed by atoms with Crippen molar-refractivity contribution in [2.45, 2.75) is 37.0 Å². The Kier molecular flexibility index (Phi) is 7.00. The number of ether oxygens (including phenoxy) is 1. The van der Waals surface area contributed by atoms with Crippen molar-refractivity contribution in [1.82, 2.24) is 4.72 Å². The highest BCUT2D eigenvalue weighted by Crippen LogP contribution is 2.24. The van der Waals surface area contributed by atoms with E-state index in [0.717, 1.165) is 31.2 Å². The fraction of sp³-hybridized carbons (Fsp3) is 0.333. The first-order valence-corrected chi connectivity index (χ1v) is 11.0. The first-order valence-electron chi connectivity index (χ1n) is 9.56. The Morgan fingerprint density at radius 1 is 0.966 bits per heavy atom. The van der Waals surface area contributed by atoms with Gasteiger partial charge in [0.15, 0.2) is 6.61 Å². The molecule has 2 aromatic rings. The molecule has 0 spiro atoms. The highest BCUT2D eigenvalue weighted by atomic mass is 32.2. The van der Waals surface area contributed by atoms with E-state index in [9.17, 15) is 18.0 Å². The zero-order chi connectivity index (χ0) is 20.7. The van der Waals surface area contributed by atoms with Gasteiger partial charge in [0.2, 0.25) is 10.0 Å². The summed E-state index contributed by atoms with van der Waals surface area (Å²) < 4.78 is 32.2. The zero-order valence-corrected chi connectivity index (χ0v) is 16.8. The van der Waals surface area contributed by atoms with Gasteiger partial charge in [-0.2, -0.15) is 0 Å². The normalized spacial score (nSPS) is 13.4. The second-order valence-corrected chi connectivity index (χ2v) is 8.63. The van der Waals surface area contributed by atoms with Crippen molar-refractivity contribution in [2.24, 2.45) is 0 Å². The number of amides is 1. The number of carbonyl (C=O) groups excluding carboxylic acids is 2. The molecule has 1 amide bonds. The van der Waals surface area contributed by atoms with Crippen LogP contribution in [0.2, 0.25) is 0 Å². The van der Waals surface area contributed by atoms with Gasteiger partial charge in [-0.15, -0.1) is 0 Å². The van der Waals surface area contributed by atoms with Crippen LogP contribution in [-0.4, -0.2) is 33.4 Å². The van der Waals surface area contributed by atoms with Gasteiger partial charge in [-0.05, 0) is 61.1 Å². The molecule has 0 saturated heterocycles. The van der Waals surface area contributed by atoms with Crippen LogP contribution in [0, 0.1) is 0 Å². The van der Waals surface area contributed by atoms with Crippen molar-refractivity contribution in [3.05, 3.63) is 59.7 Å². The lowest BCUT2D eigenvalue weighted by atomic mass is 9.92. The molecule has 3 rings (SSSR count). The maximum absolute atomic E-state index is 12.4. The quantitative estimate of drug-likeness (QED) is 0.644. The Bertz CT molecular complexity index is 974. The van der Waals surface area contributed by atoms with Crippen LogP contribution in [0.3, 0.4) is 0 Å². The van der Waals surface area contributed by atoms with Gasteiger partial charge in [0.1, 0.15) is 0 Å². The average molecular weight is 416 g/mol. The predicted molar refractivity (Wildman–Crippen MR) is 109 cm³/mol. The molecule has 0 radical (unpaired) electrons. The number of sulfonamides is 1. The first-order chi connectivity index (χ1) is 13.9. The van der Waals surface area contributed by atoms with E-state index < -0.39 is 28.5 Å². The van der Waals surface area contributed by atoms with Gasteiger partial charge < -0.3 is 10.1 Å². The van der Waals surface area contributed by atoms with E-state index in [1.807, 2.05) is 12.1 Å². The number of benzene rings is 2. The largest absolute Gasteiger partial charge is 0.456 e. The molecule has 0 unspecified atom stereocenters. The molecule has 0 fully saturated rings. The number of hydrogen-bond donors (Lipinski definition) is 2. The second-order valence-electron chi connectivity index (χ2n) is 6.86. The fourth-order valence-corrected chi connectivity index (χ4v) is 4.27. The molecule has 0 saturated carbocycles. The molecule has 29 heavy (non-hydrogen) atoms. The molecular formula is C21H24N2O5S. The fourth-order valence-electron chi connectivity index (χ4n) is 3.18. The average Bonchev–Trinajstić information content (AvgIpc) is 2.72. The van der Waals surface area contributed by atoms with Gasteiger partial charge in [0.05, 0.1) is 11.3 Å². The van der Waals surface area contributed by atoms with Gasteiger partial charge in [0, 0.05) is 12.2 Å². The summed E-state index contributed by atoms with van der Waals surface area (Å²) in [5.41, 5.74) is 2.88. The lowest BCUT2D eigenvalue weighted by Gasteiger charge is -2.16. The number of carbonyl (C=O) groups is 2. The third-order valence-electron chi connectivity index (χ3n) is 4.67. The van der Waals surface area contributed by atoms with E-state index in [4.69, 9.17) is 4.74 Å². The molecule has 2 N–H and O–H groups in total. The molecule has 154 valence electrons. The van der Waals surface area contributed by atoms with Crippen LogP contribution in [0.5, 0.6) is 0 Å². The van der Waals surface area contributed by atoms with E-state index in [1.54, 1.807) is 36.4 Å². The maximum Gasteiger partial charge on any atom is 0.307 e. The van der Waals surface area contributed by atoms with Gasteiger partial charge in [-0.3, -0.25) is 9.59 Å². The highest BCUT2D eigenvalue weighted by molar-refractivity contribution is 7.89. The molecule has 2 aromatic carbocycles. The van der Waals surface area contributed by atoms with Crippen LogP contribution in [0.1, 0.15) is 30.4 Å². The Morgan fingerprint density at radius 2 is 1.69 bits per heavy atom. The number of esters is 1. The third-order valence-corrected chi connectivity index (χ3v) is 6.13. The Labute approximate surface area is 170 Å². The van der Waals surface area contributed by atoms with Crippen LogP contribution >= 0.6 is 0 Å². The summed E-state index contributed by atoms with van der Waals surface area (Å²) in [5.74, 6) is -1.11. The van der Waals surface area contributed by atoms with Crippen molar-refractivity contribution in [2.75, 3.05) is 18.5 Å². The third kappa shape index (κ3) is 6.13. The van der Waals surface area contributed by atoms with Crippen molar-refractivity contribution in [3.8, 4) is 0 Å². The number of para-hydroxylation sites is 1. The molecule has 8 heteroatoms. The number of aryl methyl sites for hydroxylation is 2.